The van der Waals surface area contributed by atoms with E-state index in [1.165, 1.54) is 0 Å². The van der Waals surface area contributed by atoms with Gasteiger partial charge in [-0.1, -0.05) is 12.1 Å². The van der Waals surface area contributed by atoms with E-state index in [-0.39, 0.29) is 18.2 Å². The number of carbonyl (C=O) groups is 2. The van der Waals surface area contributed by atoms with E-state index in [0.717, 1.165) is 0 Å². The Balaban J connectivity index is 1.67. The van der Waals surface area contributed by atoms with Crippen LogP contribution >= 0.6 is 0 Å². The third-order valence-electron chi connectivity index (χ3n) is 3.58. The summed E-state index contributed by atoms with van der Waals surface area (Å²) in [4.78, 5) is 29.9. The van der Waals surface area contributed by atoms with Gasteiger partial charge in [0, 0.05) is 19.2 Å². The summed E-state index contributed by atoms with van der Waals surface area (Å²) in [6.07, 6.45) is 2.86. The largest absolute Gasteiger partial charge is 0.479 e. The summed E-state index contributed by atoms with van der Waals surface area (Å²) >= 11 is 0. The summed E-state index contributed by atoms with van der Waals surface area (Å²) in [5.74, 6) is 0.354. The zero-order valence-corrected chi connectivity index (χ0v) is 12.7. The van der Waals surface area contributed by atoms with E-state index in [1.807, 2.05) is 24.3 Å². The average Bonchev–Trinajstić information content (AvgIpc) is 2.56. The molecule has 2 heterocycles. The molecule has 6 heteroatoms. The smallest absolute Gasteiger partial charge is 0.267 e. The topological polar surface area (TPSA) is 71.5 Å². The van der Waals surface area contributed by atoms with Crippen LogP contribution in [-0.2, 0) is 9.59 Å². The number of hydrogen-bond acceptors (Lipinski definition) is 4. The molecule has 1 atom stereocenters. The second kappa shape index (κ2) is 6.48. The van der Waals surface area contributed by atoms with Gasteiger partial charge in [0.25, 0.3) is 5.91 Å². The van der Waals surface area contributed by atoms with Crippen molar-refractivity contribution in [3.63, 3.8) is 0 Å². The molecule has 1 aromatic carbocycles. The number of benzene rings is 1. The van der Waals surface area contributed by atoms with Crippen molar-refractivity contribution in [3.8, 4) is 5.75 Å². The molecule has 0 aliphatic carbocycles. The van der Waals surface area contributed by atoms with Crippen LogP contribution in [0.4, 0.5) is 11.4 Å². The Kier molecular flexibility index (Phi) is 4.23. The minimum Gasteiger partial charge on any atom is -0.479 e. The van der Waals surface area contributed by atoms with Gasteiger partial charge in [-0.25, -0.2) is 0 Å². The molecule has 0 spiro atoms. The Morgan fingerprint density at radius 3 is 2.91 bits per heavy atom. The number of rotatable bonds is 4. The first-order chi connectivity index (χ1) is 11.1. The van der Waals surface area contributed by atoms with Crippen molar-refractivity contribution < 1.29 is 14.3 Å². The Hall–Kier alpha value is -2.89. The summed E-state index contributed by atoms with van der Waals surface area (Å²) in [7, 11) is 0. The van der Waals surface area contributed by atoms with Gasteiger partial charge in [-0.2, -0.15) is 0 Å². The summed E-state index contributed by atoms with van der Waals surface area (Å²) < 4.78 is 5.58. The maximum Gasteiger partial charge on any atom is 0.267 e. The lowest BCUT2D eigenvalue weighted by molar-refractivity contribution is -0.125. The fraction of sp³-hybridized carbons (Fsp3) is 0.235. The number of nitrogens with one attached hydrogen (secondary N) is 1. The third kappa shape index (κ3) is 3.31. The predicted octanol–water partition coefficient (Wildman–Crippen LogP) is 2.22. The van der Waals surface area contributed by atoms with Crippen molar-refractivity contribution in [2.45, 2.75) is 19.4 Å². The Morgan fingerprint density at radius 1 is 1.30 bits per heavy atom. The SMILES string of the molecule is CC1Oc2ccccc2N(CCC(=O)Nc2cccnc2)C1=O. The van der Waals surface area contributed by atoms with Crippen molar-refractivity contribution in [2.24, 2.45) is 0 Å². The molecule has 1 aliphatic heterocycles. The van der Waals surface area contributed by atoms with Crippen LogP contribution in [0, 0.1) is 0 Å². The molecule has 1 unspecified atom stereocenters. The number of nitrogens with zero attached hydrogens (tertiary/aromatic N) is 2. The number of hydrogen-bond donors (Lipinski definition) is 1. The van der Waals surface area contributed by atoms with Gasteiger partial charge in [0.15, 0.2) is 6.10 Å². The van der Waals surface area contributed by atoms with Crippen LogP contribution in [-0.4, -0.2) is 29.4 Å². The zero-order chi connectivity index (χ0) is 16.2. The highest BCUT2D eigenvalue weighted by molar-refractivity contribution is 6.00. The number of para-hydroxylation sites is 2. The van der Waals surface area contributed by atoms with E-state index >= 15 is 0 Å². The number of carbonyl (C=O) groups excluding carboxylic acids is 2. The van der Waals surface area contributed by atoms with Crippen molar-refractivity contribution in [2.75, 3.05) is 16.8 Å². The lowest BCUT2D eigenvalue weighted by Gasteiger charge is -2.32. The summed E-state index contributed by atoms with van der Waals surface area (Å²) in [5.41, 5.74) is 1.34. The van der Waals surface area contributed by atoms with Crippen LogP contribution in [0.15, 0.2) is 48.8 Å². The lowest BCUT2D eigenvalue weighted by atomic mass is 10.1. The summed E-state index contributed by atoms with van der Waals surface area (Å²) in [6.45, 7) is 2.01. The fourth-order valence-corrected chi connectivity index (χ4v) is 2.46. The lowest BCUT2D eigenvalue weighted by Crippen LogP contribution is -2.45. The minimum atomic E-state index is -0.550. The first kappa shape index (κ1) is 15.0. The highest BCUT2D eigenvalue weighted by Gasteiger charge is 2.31. The van der Waals surface area contributed by atoms with E-state index in [9.17, 15) is 9.59 Å². The second-order valence-corrected chi connectivity index (χ2v) is 5.26. The third-order valence-corrected chi connectivity index (χ3v) is 3.58. The molecule has 0 radical (unpaired) electrons. The van der Waals surface area contributed by atoms with E-state index in [0.29, 0.717) is 23.7 Å². The number of ether oxygens (including phenoxy) is 1. The fourth-order valence-electron chi connectivity index (χ4n) is 2.46. The molecule has 0 fully saturated rings. The number of amides is 2. The monoisotopic (exact) mass is 311 g/mol. The van der Waals surface area contributed by atoms with Crippen molar-refractivity contribution in [1.82, 2.24) is 4.98 Å². The Bertz CT molecular complexity index is 718. The zero-order valence-electron chi connectivity index (χ0n) is 12.7. The number of aromatic nitrogens is 1. The molecule has 0 saturated heterocycles. The first-order valence-corrected chi connectivity index (χ1v) is 7.42. The molecule has 0 saturated carbocycles. The maximum atomic E-state index is 12.3. The molecule has 0 bridgehead atoms. The predicted molar refractivity (Wildman–Crippen MR) is 86.4 cm³/mol. The molecule has 1 aliphatic rings. The molecular weight excluding hydrogens is 294 g/mol. The quantitative estimate of drug-likeness (QED) is 0.940. The molecule has 3 rings (SSSR count). The standard InChI is InChI=1S/C17H17N3O3/c1-12-17(22)20(14-6-2-3-7-15(14)23-12)10-8-16(21)19-13-5-4-9-18-11-13/h2-7,9,11-12H,8,10H2,1H3,(H,19,21). The minimum absolute atomic E-state index is 0.141. The van der Waals surface area contributed by atoms with E-state index < -0.39 is 6.10 Å². The Morgan fingerprint density at radius 2 is 2.13 bits per heavy atom. The molecule has 23 heavy (non-hydrogen) atoms. The molecule has 2 aromatic rings. The highest BCUT2D eigenvalue weighted by atomic mass is 16.5. The van der Waals surface area contributed by atoms with Crippen LogP contribution in [0.5, 0.6) is 5.75 Å². The average molecular weight is 311 g/mol. The van der Waals surface area contributed by atoms with Crippen molar-refractivity contribution >= 4 is 23.2 Å². The van der Waals surface area contributed by atoms with Gasteiger partial charge < -0.3 is 15.0 Å². The van der Waals surface area contributed by atoms with Gasteiger partial charge in [-0.05, 0) is 31.2 Å². The van der Waals surface area contributed by atoms with Crippen molar-refractivity contribution in [3.05, 3.63) is 48.8 Å². The molecule has 118 valence electrons. The van der Waals surface area contributed by atoms with Gasteiger partial charge in [0.1, 0.15) is 5.75 Å². The van der Waals surface area contributed by atoms with Crippen LogP contribution < -0.4 is 15.0 Å². The van der Waals surface area contributed by atoms with Crippen LogP contribution in [0.2, 0.25) is 0 Å². The normalized spacial score (nSPS) is 16.5. The maximum absolute atomic E-state index is 12.3. The van der Waals surface area contributed by atoms with E-state index in [4.69, 9.17) is 4.74 Å². The van der Waals surface area contributed by atoms with Gasteiger partial charge in [-0.3, -0.25) is 14.6 Å². The number of anilines is 2. The Labute approximate surface area is 134 Å². The van der Waals surface area contributed by atoms with E-state index in [1.54, 1.807) is 36.4 Å². The molecule has 2 amide bonds. The molecular formula is C17H17N3O3. The first-order valence-electron chi connectivity index (χ1n) is 7.42. The van der Waals surface area contributed by atoms with Gasteiger partial charge in [-0.15, -0.1) is 0 Å². The van der Waals surface area contributed by atoms with Gasteiger partial charge in [0.2, 0.25) is 5.91 Å². The molecule has 1 aromatic heterocycles. The molecule has 1 N–H and O–H groups in total. The highest BCUT2D eigenvalue weighted by Crippen LogP contribution is 2.33. The number of fused-ring (bicyclic) bond motifs is 1. The molecule has 6 nitrogen and oxygen atoms in total. The number of pyridine rings is 1. The van der Waals surface area contributed by atoms with E-state index in [2.05, 4.69) is 10.3 Å². The van der Waals surface area contributed by atoms with Crippen LogP contribution in [0.25, 0.3) is 0 Å². The summed E-state index contributed by atoms with van der Waals surface area (Å²) in [6, 6.07) is 10.9. The van der Waals surface area contributed by atoms with Crippen molar-refractivity contribution in [1.29, 1.82) is 0 Å². The second-order valence-electron chi connectivity index (χ2n) is 5.26. The van der Waals surface area contributed by atoms with Gasteiger partial charge in [0.05, 0.1) is 17.6 Å². The summed E-state index contributed by atoms with van der Waals surface area (Å²) in [5, 5.41) is 2.76. The van der Waals surface area contributed by atoms with Crippen LogP contribution in [0.1, 0.15) is 13.3 Å². The van der Waals surface area contributed by atoms with Gasteiger partial charge >= 0.3 is 0 Å². The van der Waals surface area contributed by atoms with Crippen LogP contribution in [0.3, 0.4) is 0 Å².